The summed E-state index contributed by atoms with van der Waals surface area (Å²) in [4.78, 5) is 8.44. The lowest BCUT2D eigenvalue weighted by Gasteiger charge is -2.27. The second kappa shape index (κ2) is 8.67. The number of pyridine rings is 1. The summed E-state index contributed by atoms with van der Waals surface area (Å²) in [5, 5.41) is 6.72. The van der Waals surface area contributed by atoms with Gasteiger partial charge in [-0.3, -0.25) is 4.99 Å². The van der Waals surface area contributed by atoms with Gasteiger partial charge in [0.1, 0.15) is 11.6 Å². The summed E-state index contributed by atoms with van der Waals surface area (Å²) in [6.45, 7) is 2.65. The lowest BCUT2D eigenvalue weighted by molar-refractivity contribution is -0.137. The molecule has 1 aliphatic rings. The molecule has 1 unspecified atom stereocenters. The molecule has 0 amide bonds. The quantitative estimate of drug-likeness (QED) is 0.586. The van der Waals surface area contributed by atoms with Crippen LogP contribution >= 0.6 is 0 Å². The van der Waals surface area contributed by atoms with Crippen molar-refractivity contribution >= 4 is 11.5 Å². The van der Waals surface area contributed by atoms with Gasteiger partial charge in [-0.15, -0.1) is 0 Å². The zero-order valence-electron chi connectivity index (χ0n) is 16.8. The Hall–Kier alpha value is -3.55. The van der Waals surface area contributed by atoms with E-state index in [4.69, 9.17) is 9.73 Å². The monoisotopic (exact) mass is 426 g/mol. The summed E-state index contributed by atoms with van der Waals surface area (Å²) >= 11 is 0. The van der Waals surface area contributed by atoms with E-state index in [2.05, 4.69) is 15.6 Å². The Labute approximate surface area is 178 Å². The van der Waals surface area contributed by atoms with Crippen LogP contribution in [0.2, 0.25) is 0 Å². The Balaban J connectivity index is 1.36. The number of aliphatic imine (C=N–C) groups is 1. The number of hydrogen-bond donors (Lipinski definition) is 2. The van der Waals surface area contributed by atoms with Crippen molar-refractivity contribution in [3.63, 3.8) is 0 Å². The third-order valence-corrected chi connectivity index (χ3v) is 4.79. The van der Waals surface area contributed by atoms with Crippen LogP contribution in [0.4, 0.5) is 18.9 Å². The van der Waals surface area contributed by atoms with E-state index >= 15 is 0 Å². The highest BCUT2D eigenvalue weighted by molar-refractivity contribution is 6.05. The van der Waals surface area contributed by atoms with Gasteiger partial charge in [-0.25, -0.2) is 4.98 Å². The van der Waals surface area contributed by atoms with Crippen molar-refractivity contribution in [3.8, 4) is 11.6 Å². The van der Waals surface area contributed by atoms with Gasteiger partial charge in [0, 0.05) is 30.1 Å². The molecule has 8 heteroatoms. The largest absolute Gasteiger partial charge is 0.439 e. The zero-order chi connectivity index (χ0) is 21.8. The first-order chi connectivity index (χ1) is 14.9. The number of para-hydroxylation sites is 1. The minimum absolute atomic E-state index is 0.101. The van der Waals surface area contributed by atoms with E-state index in [1.54, 1.807) is 12.1 Å². The first-order valence-electron chi connectivity index (χ1n) is 9.85. The van der Waals surface area contributed by atoms with Crippen molar-refractivity contribution in [2.75, 3.05) is 11.9 Å². The molecule has 31 heavy (non-hydrogen) atoms. The maximum Gasteiger partial charge on any atom is 0.417 e. The van der Waals surface area contributed by atoms with Crippen LogP contribution in [0.5, 0.6) is 11.6 Å². The molecular weight excluding hydrogens is 405 g/mol. The molecule has 0 radical (unpaired) electrons. The molecule has 5 nitrogen and oxygen atoms in total. The predicted octanol–water partition coefficient (Wildman–Crippen LogP) is 5.24. The second-order valence-corrected chi connectivity index (χ2v) is 7.17. The average molecular weight is 426 g/mol. The molecule has 4 rings (SSSR count). The highest BCUT2D eigenvalue weighted by Gasteiger charge is 2.30. The third-order valence-electron chi connectivity index (χ3n) is 4.79. The molecule has 0 aliphatic carbocycles. The minimum Gasteiger partial charge on any atom is -0.439 e. The van der Waals surface area contributed by atoms with Crippen molar-refractivity contribution in [1.29, 1.82) is 0 Å². The van der Waals surface area contributed by atoms with Crippen molar-refractivity contribution in [2.24, 2.45) is 4.99 Å². The summed E-state index contributed by atoms with van der Waals surface area (Å²) in [6.07, 6.45) is -2.81. The first-order valence-corrected chi connectivity index (χ1v) is 9.85. The molecule has 2 heterocycles. The van der Waals surface area contributed by atoms with E-state index in [1.165, 1.54) is 6.07 Å². The van der Waals surface area contributed by atoms with Crippen molar-refractivity contribution in [3.05, 3.63) is 83.6 Å². The minimum atomic E-state index is -4.42. The van der Waals surface area contributed by atoms with Crippen molar-refractivity contribution in [1.82, 2.24) is 10.3 Å². The van der Waals surface area contributed by atoms with Gasteiger partial charge in [-0.1, -0.05) is 24.3 Å². The van der Waals surface area contributed by atoms with Gasteiger partial charge in [0.2, 0.25) is 5.88 Å². The SMILES string of the molecule is CC1NC(=NCCc2ccc(Oc3ccc(C(F)(F)F)cn3)cc2)c2ccccc2N1. The molecule has 2 N–H and O–H groups in total. The van der Waals surface area contributed by atoms with Crippen LogP contribution in [0.15, 0.2) is 71.9 Å². The van der Waals surface area contributed by atoms with Gasteiger partial charge in [-0.2, -0.15) is 13.2 Å². The predicted molar refractivity (Wildman–Crippen MR) is 114 cm³/mol. The summed E-state index contributed by atoms with van der Waals surface area (Å²) < 4.78 is 43.3. The Morgan fingerprint density at radius 2 is 1.77 bits per heavy atom. The van der Waals surface area contributed by atoms with Gasteiger partial charge >= 0.3 is 6.18 Å². The first kappa shape index (κ1) is 20.7. The number of rotatable bonds is 5. The van der Waals surface area contributed by atoms with Crippen LogP contribution in [0.25, 0.3) is 0 Å². The summed E-state index contributed by atoms with van der Waals surface area (Å²) in [6, 6.07) is 17.5. The maximum absolute atomic E-state index is 12.6. The van der Waals surface area contributed by atoms with Crippen molar-refractivity contribution < 1.29 is 17.9 Å². The van der Waals surface area contributed by atoms with E-state index in [-0.39, 0.29) is 12.0 Å². The highest BCUT2D eigenvalue weighted by atomic mass is 19.4. The molecule has 0 spiro atoms. The third kappa shape index (κ3) is 5.14. The molecule has 160 valence electrons. The molecule has 1 aromatic heterocycles. The number of fused-ring (bicyclic) bond motifs is 1. The molecule has 1 atom stereocenters. The Morgan fingerprint density at radius 1 is 1.00 bits per heavy atom. The number of amidine groups is 1. The fourth-order valence-electron chi connectivity index (χ4n) is 3.25. The van der Waals surface area contributed by atoms with E-state index < -0.39 is 11.7 Å². The number of hydrogen-bond acceptors (Lipinski definition) is 4. The zero-order valence-corrected chi connectivity index (χ0v) is 16.8. The standard InChI is InChI=1S/C23H21F3N4O/c1-15-29-20-5-3-2-4-19(20)22(30-15)27-13-12-16-6-9-18(10-7-16)31-21-11-8-17(14-28-21)23(24,25)26/h2-11,14-15,29H,12-13H2,1H3,(H,27,30). The molecule has 2 aromatic carbocycles. The van der Waals surface area contributed by atoms with Crippen LogP contribution in [-0.4, -0.2) is 23.5 Å². The Bertz CT molecular complexity index is 1060. The van der Waals surface area contributed by atoms with Crippen LogP contribution < -0.4 is 15.4 Å². The molecule has 0 fully saturated rings. The summed E-state index contributed by atoms with van der Waals surface area (Å²) in [5.41, 5.74) is 2.38. The van der Waals surface area contributed by atoms with E-state index in [1.807, 2.05) is 43.3 Å². The number of aromatic nitrogens is 1. The van der Waals surface area contributed by atoms with Gasteiger partial charge in [0.05, 0.1) is 11.7 Å². The van der Waals surface area contributed by atoms with Crippen molar-refractivity contribution in [2.45, 2.75) is 25.7 Å². The van der Waals surface area contributed by atoms with Gasteiger partial charge in [0.15, 0.2) is 0 Å². The van der Waals surface area contributed by atoms with Gasteiger partial charge in [0.25, 0.3) is 0 Å². The Kier molecular flexibility index (Phi) is 5.79. The number of benzene rings is 2. The maximum atomic E-state index is 12.6. The normalized spacial score (nSPS) is 16.9. The number of nitrogens with zero attached hydrogens (tertiary/aromatic N) is 2. The Morgan fingerprint density at radius 3 is 2.48 bits per heavy atom. The van der Waals surface area contributed by atoms with Crippen LogP contribution in [0, 0.1) is 0 Å². The summed E-state index contributed by atoms with van der Waals surface area (Å²) in [7, 11) is 0. The fourth-order valence-corrected chi connectivity index (χ4v) is 3.25. The lowest BCUT2D eigenvalue weighted by Crippen LogP contribution is -2.43. The van der Waals surface area contributed by atoms with Crippen LogP contribution in [0.1, 0.15) is 23.6 Å². The molecular formula is C23H21F3N4O. The molecule has 0 bridgehead atoms. The van der Waals surface area contributed by atoms with Gasteiger partial charge < -0.3 is 15.4 Å². The molecule has 1 aliphatic heterocycles. The second-order valence-electron chi connectivity index (χ2n) is 7.17. The number of anilines is 1. The lowest BCUT2D eigenvalue weighted by atomic mass is 10.1. The van der Waals surface area contributed by atoms with Gasteiger partial charge in [-0.05, 0) is 49.2 Å². The molecule has 3 aromatic rings. The number of alkyl halides is 3. The van der Waals surface area contributed by atoms with E-state index in [0.29, 0.717) is 12.3 Å². The summed E-state index contributed by atoms with van der Waals surface area (Å²) in [5.74, 6) is 1.48. The smallest absolute Gasteiger partial charge is 0.417 e. The molecule has 0 saturated carbocycles. The van der Waals surface area contributed by atoms with E-state index in [0.717, 1.165) is 41.3 Å². The highest BCUT2D eigenvalue weighted by Crippen LogP contribution is 2.30. The number of halogens is 3. The average Bonchev–Trinajstić information content (AvgIpc) is 2.74. The molecule has 0 saturated heterocycles. The van der Waals surface area contributed by atoms with Crippen LogP contribution in [0.3, 0.4) is 0 Å². The fraction of sp³-hybridized carbons (Fsp3) is 0.217. The van der Waals surface area contributed by atoms with E-state index in [9.17, 15) is 13.2 Å². The van der Waals surface area contributed by atoms with Crippen LogP contribution in [-0.2, 0) is 12.6 Å². The number of nitrogens with one attached hydrogen (secondary N) is 2. The topological polar surface area (TPSA) is 58.5 Å². The number of ether oxygens (including phenoxy) is 1.